The Bertz CT molecular complexity index is 383. The first-order valence-electron chi connectivity index (χ1n) is 5.33. The van der Waals surface area contributed by atoms with Crippen molar-refractivity contribution < 1.29 is 9.90 Å². The first-order chi connectivity index (χ1) is 8.09. The molecule has 0 amide bonds. The molecule has 1 aromatic carbocycles. The molecule has 2 nitrogen and oxygen atoms in total. The van der Waals surface area contributed by atoms with Crippen molar-refractivity contribution in [2.24, 2.45) is 0 Å². The van der Waals surface area contributed by atoms with Crippen molar-refractivity contribution in [1.82, 2.24) is 0 Å². The molecule has 0 saturated carbocycles. The molecule has 94 valence electrons. The second-order valence-corrected chi connectivity index (χ2v) is 5.57. The van der Waals surface area contributed by atoms with Gasteiger partial charge in [0.1, 0.15) is 0 Å². The van der Waals surface area contributed by atoms with Crippen molar-refractivity contribution in [3.63, 3.8) is 0 Å². The summed E-state index contributed by atoms with van der Waals surface area (Å²) in [5.41, 5.74) is 1.14. The summed E-state index contributed by atoms with van der Waals surface area (Å²) in [7, 11) is 0. The number of carbonyl (C=O) groups is 1. The second kappa shape index (κ2) is 7.85. The first-order valence-corrected chi connectivity index (χ1v) is 7.24. The second-order valence-electron chi connectivity index (χ2n) is 3.65. The molecule has 0 aliphatic rings. The first kappa shape index (κ1) is 14.7. The number of unbranched alkanes of at least 4 members (excludes halogenated alkanes) is 1. The lowest BCUT2D eigenvalue weighted by Gasteiger charge is -2.03. The van der Waals surface area contributed by atoms with E-state index in [1.165, 1.54) is 0 Å². The van der Waals surface area contributed by atoms with E-state index in [1.54, 1.807) is 17.8 Å². The fraction of sp³-hybridized carbons (Fsp3) is 0.417. The third-order valence-electron chi connectivity index (χ3n) is 2.18. The molecule has 0 aliphatic heterocycles. The number of aliphatic carboxylic acids is 1. The van der Waals surface area contributed by atoms with Gasteiger partial charge in [-0.05, 0) is 36.3 Å². The molecule has 0 unspecified atom stereocenters. The van der Waals surface area contributed by atoms with E-state index in [4.69, 9.17) is 28.3 Å². The van der Waals surface area contributed by atoms with Gasteiger partial charge < -0.3 is 5.11 Å². The Kier molecular flexibility index (Phi) is 6.78. The highest BCUT2D eigenvalue weighted by Gasteiger charge is 2.00. The Morgan fingerprint density at radius 3 is 2.65 bits per heavy atom. The van der Waals surface area contributed by atoms with Crippen LogP contribution in [0.4, 0.5) is 0 Å². The largest absolute Gasteiger partial charge is 0.481 e. The third-order valence-corrected chi connectivity index (χ3v) is 4.04. The Labute approximate surface area is 115 Å². The van der Waals surface area contributed by atoms with E-state index in [1.807, 2.05) is 12.1 Å². The zero-order valence-electron chi connectivity index (χ0n) is 9.29. The predicted octanol–water partition coefficient (Wildman–Crippen LogP) is 4.48. The van der Waals surface area contributed by atoms with Crippen LogP contribution in [-0.2, 0) is 10.5 Å². The fourth-order valence-electron chi connectivity index (χ4n) is 1.30. The number of benzene rings is 1. The average molecular weight is 293 g/mol. The number of hydrogen-bond acceptors (Lipinski definition) is 2. The minimum atomic E-state index is -0.723. The van der Waals surface area contributed by atoms with Crippen molar-refractivity contribution >= 4 is 40.9 Å². The molecule has 0 atom stereocenters. The zero-order chi connectivity index (χ0) is 12.7. The van der Waals surface area contributed by atoms with E-state index >= 15 is 0 Å². The highest BCUT2D eigenvalue weighted by Crippen LogP contribution is 2.24. The van der Waals surface area contributed by atoms with Crippen molar-refractivity contribution in [2.45, 2.75) is 25.0 Å². The van der Waals surface area contributed by atoms with Crippen LogP contribution in [0, 0.1) is 0 Å². The van der Waals surface area contributed by atoms with Gasteiger partial charge in [-0.1, -0.05) is 29.3 Å². The lowest BCUT2D eigenvalue weighted by Crippen LogP contribution is -1.94. The summed E-state index contributed by atoms with van der Waals surface area (Å²) in [6.45, 7) is 0. The van der Waals surface area contributed by atoms with Crippen LogP contribution in [0.15, 0.2) is 18.2 Å². The van der Waals surface area contributed by atoms with Crippen LogP contribution in [0.5, 0.6) is 0 Å². The number of halogens is 2. The van der Waals surface area contributed by atoms with Gasteiger partial charge in [-0.25, -0.2) is 0 Å². The summed E-state index contributed by atoms with van der Waals surface area (Å²) in [5.74, 6) is 1.12. The van der Waals surface area contributed by atoms with Crippen LogP contribution in [0.1, 0.15) is 24.8 Å². The summed E-state index contributed by atoms with van der Waals surface area (Å²) in [4.78, 5) is 10.3. The van der Waals surface area contributed by atoms with E-state index in [9.17, 15) is 4.79 Å². The van der Waals surface area contributed by atoms with Gasteiger partial charge >= 0.3 is 5.97 Å². The van der Waals surface area contributed by atoms with E-state index < -0.39 is 5.97 Å². The molecule has 0 heterocycles. The zero-order valence-corrected chi connectivity index (χ0v) is 11.6. The minimum absolute atomic E-state index is 0.257. The quantitative estimate of drug-likeness (QED) is 0.753. The van der Waals surface area contributed by atoms with E-state index in [0.29, 0.717) is 10.0 Å². The summed E-state index contributed by atoms with van der Waals surface area (Å²) < 4.78 is 0. The monoisotopic (exact) mass is 292 g/mol. The lowest BCUT2D eigenvalue weighted by molar-refractivity contribution is -0.137. The van der Waals surface area contributed by atoms with Crippen LogP contribution < -0.4 is 0 Å². The fourth-order valence-corrected chi connectivity index (χ4v) is 2.59. The number of carboxylic acids is 1. The Morgan fingerprint density at radius 2 is 2.00 bits per heavy atom. The maximum absolute atomic E-state index is 10.3. The molecule has 0 fully saturated rings. The highest BCUT2D eigenvalue weighted by atomic mass is 35.5. The Hall–Kier alpha value is -0.380. The average Bonchev–Trinajstić information content (AvgIpc) is 2.27. The topological polar surface area (TPSA) is 37.3 Å². The van der Waals surface area contributed by atoms with Crippen LogP contribution in [0.3, 0.4) is 0 Å². The number of rotatable bonds is 7. The van der Waals surface area contributed by atoms with Crippen molar-refractivity contribution in [3.8, 4) is 0 Å². The van der Waals surface area contributed by atoms with Gasteiger partial charge in [0.15, 0.2) is 0 Å². The predicted molar refractivity (Wildman–Crippen MR) is 74.1 cm³/mol. The van der Waals surface area contributed by atoms with Crippen molar-refractivity contribution in [3.05, 3.63) is 33.8 Å². The van der Waals surface area contributed by atoms with E-state index in [-0.39, 0.29) is 6.42 Å². The summed E-state index contributed by atoms with van der Waals surface area (Å²) in [6.07, 6.45) is 1.93. The van der Waals surface area contributed by atoms with Gasteiger partial charge in [0, 0.05) is 12.2 Å². The van der Waals surface area contributed by atoms with Crippen LogP contribution in [0.2, 0.25) is 10.0 Å². The number of carboxylic acid groups (broad SMARTS) is 1. The van der Waals surface area contributed by atoms with Gasteiger partial charge in [-0.15, -0.1) is 0 Å². The molecule has 0 saturated heterocycles. The molecule has 1 N–H and O–H groups in total. The molecule has 1 rings (SSSR count). The molecule has 0 aromatic heterocycles. The SMILES string of the molecule is O=C(O)CCCCSCc1ccc(Cl)c(Cl)c1. The standard InChI is InChI=1S/C12H14Cl2O2S/c13-10-5-4-9(7-11(10)14)8-17-6-2-1-3-12(15)16/h4-5,7H,1-3,6,8H2,(H,15,16). The molecule has 0 spiro atoms. The van der Waals surface area contributed by atoms with Gasteiger partial charge in [0.2, 0.25) is 0 Å². The smallest absolute Gasteiger partial charge is 0.303 e. The molecule has 5 heteroatoms. The summed E-state index contributed by atoms with van der Waals surface area (Å²) in [6, 6.07) is 5.62. The third kappa shape index (κ3) is 6.20. The Morgan fingerprint density at radius 1 is 1.24 bits per heavy atom. The molecule has 0 aliphatic carbocycles. The maximum atomic E-state index is 10.3. The van der Waals surface area contributed by atoms with E-state index in [2.05, 4.69) is 0 Å². The lowest BCUT2D eigenvalue weighted by atomic mass is 10.2. The van der Waals surface area contributed by atoms with Crippen LogP contribution >= 0.6 is 35.0 Å². The highest BCUT2D eigenvalue weighted by molar-refractivity contribution is 7.98. The van der Waals surface area contributed by atoms with Gasteiger partial charge in [-0.3, -0.25) is 4.79 Å². The molecular weight excluding hydrogens is 279 g/mol. The van der Waals surface area contributed by atoms with Crippen LogP contribution in [0.25, 0.3) is 0 Å². The normalized spacial score (nSPS) is 10.5. The van der Waals surface area contributed by atoms with Crippen LogP contribution in [-0.4, -0.2) is 16.8 Å². The molecular formula is C12H14Cl2O2S. The van der Waals surface area contributed by atoms with Crippen molar-refractivity contribution in [2.75, 3.05) is 5.75 Å². The minimum Gasteiger partial charge on any atom is -0.481 e. The Balaban J connectivity index is 2.18. The summed E-state index contributed by atoms with van der Waals surface area (Å²) in [5, 5.41) is 9.62. The molecule has 0 bridgehead atoms. The molecule has 17 heavy (non-hydrogen) atoms. The maximum Gasteiger partial charge on any atom is 0.303 e. The van der Waals surface area contributed by atoms with E-state index in [0.717, 1.165) is 29.9 Å². The number of thioether (sulfide) groups is 1. The number of hydrogen-bond donors (Lipinski definition) is 1. The molecule has 0 radical (unpaired) electrons. The van der Waals surface area contributed by atoms with Gasteiger partial charge in [-0.2, -0.15) is 11.8 Å². The van der Waals surface area contributed by atoms with Crippen molar-refractivity contribution in [1.29, 1.82) is 0 Å². The molecule has 1 aromatic rings. The van der Waals surface area contributed by atoms with Gasteiger partial charge in [0.25, 0.3) is 0 Å². The van der Waals surface area contributed by atoms with Gasteiger partial charge in [0.05, 0.1) is 10.0 Å². The summed E-state index contributed by atoms with van der Waals surface area (Å²) >= 11 is 13.5.